The van der Waals surface area contributed by atoms with E-state index < -0.39 is 0 Å². The molecule has 0 unspecified atom stereocenters. The first-order chi connectivity index (χ1) is 18.6. The molecule has 0 radical (unpaired) electrons. The number of aromatic amines is 1. The first-order valence-electron chi connectivity index (χ1n) is 13.7. The molecule has 2 aliphatic heterocycles. The number of nitrogens with one attached hydrogen (secondary N) is 1. The Morgan fingerprint density at radius 2 is 1.79 bits per heavy atom. The summed E-state index contributed by atoms with van der Waals surface area (Å²) in [5.41, 5.74) is 18.1. The summed E-state index contributed by atoms with van der Waals surface area (Å²) < 4.78 is 1.84. The summed E-state index contributed by atoms with van der Waals surface area (Å²) in [5.74, 6) is 2.17. The van der Waals surface area contributed by atoms with Gasteiger partial charge in [0.1, 0.15) is 17.2 Å². The van der Waals surface area contributed by atoms with Crippen molar-refractivity contribution < 1.29 is 4.79 Å². The molecule has 5 N–H and O–H groups in total. The number of hydrogen-bond acceptors (Lipinski definition) is 9. The van der Waals surface area contributed by atoms with Crippen molar-refractivity contribution in [2.24, 2.45) is 5.73 Å². The maximum absolute atomic E-state index is 13.2. The Labute approximate surface area is 223 Å². The monoisotopic (exact) mass is 530 g/mol. The second-order valence-electron chi connectivity index (χ2n) is 11.3. The zero-order chi connectivity index (χ0) is 25.5. The number of anilines is 1. The first-order valence-corrected chi connectivity index (χ1v) is 14.5. The minimum atomic E-state index is -0.0506. The van der Waals surface area contributed by atoms with Gasteiger partial charge in [0.2, 0.25) is 5.82 Å². The molecule has 11 nitrogen and oxygen atoms in total. The minimum absolute atomic E-state index is 0.0506. The Kier molecular flexibility index (Phi) is 4.94. The highest BCUT2D eigenvalue weighted by molar-refractivity contribution is 7.15. The summed E-state index contributed by atoms with van der Waals surface area (Å²) in [6, 6.07) is 0.337. The molecule has 4 aromatic rings. The lowest BCUT2D eigenvalue weighted by Crippen LogP contribution is -2.46. The van der Waals surface area contributed by atoms with Gasteiger partial charge in [-0.05, 0) is 57.3 Å². The fourth-order valence-electron chi connectivity index (χ4n) is 6.76. The first kappa shape index (κ1) is 22.6. The van der Waals surface area contributed by atoms with Gasteiger partial charge in [-0.2, -0.15) is 9.61 Å². The average molecular weight is 531 g/mol. The van der Waals surface area contributed by atoms with Crippen molar-refractivity contribution in [1.29, 1.82) is 0 Å². The summed E-state index contributed by atoms with van der Waals surface area (Å²) in [6.45, 7) is 0.435. The highest BCUT2D eigenvalue weighted by Crippen LogP contribution is 2.51. The standard InChI is InChI=1S/C26H30N10OS/c27-9-18-32-21(13-3-4-13)22(38-18)17-10-31-36-23(28)19(12-1-2-12)20(33-25(17)36)14-7-15-5-6-16(8-14)35(15)26(37)24-29-11-30-34-24/h10-16H,1-9,27-28H2,(H,29,30,34)/t14-,15+,16-. The van der Waals surface area contributed by atoms with Gasteiger partial charge in [0.15, 0.2) is 5.65 Å². The molecule has 6 heterocycles. The van der Waals surface area contributed by atoms with Gasteiger partial charge in [-0.3, -0.25) is 4.79 Å². The zero-order valence-corrected chi connectivity index (χ0v) is 21.8. The topological polar surface area (TPSA) is 157 Å². The Bertz CT molecular complexity index is 1540. The van der Waals surface area contributed by atoms with Crippen LogP contribution in [0.15, 0.2) is 12.5 Å². The quantitative estimate of drug-likeness (QED) is 0.343. The van der Waals surface area contributed by atoms with E-state index in [0.29, 0.717) is 30.0 Å². The molecule has 0 aromatic carbocycles. The summed E-state index contributed by atoms with van der Waals surface area (Å²) in [6.07, 6.45) is 11.7. The molecule has 4 aliphatic rings. The molecule has 38 heavy (non-hydrogen) atoms. The van der Waals surface area contributed by atoms with Gasteiger partial charge in [-0.25, -0.2) is 9.97 Å². The van der Waals surface area contributed by atoms with E-state index in [2.05, 4.69) is 15.2 Å². The van der Waals surface area contributed by atoms with Crippen LogP contribution >= 0.6 is 11.3 Å². The molecular weight excluding hydrogens is 500 g/mol. The average Bonchev–Trinajstić information content (AvgIpc) is 3.76. The maximum Gasteiger partial charge on any atom is 0.292 e. The Balaban J connectivity index is 1.21. The van der Waals surface area contributed by atoms with E-state index in [1.54, 1.807) is 11.3 Å². The van der Waals surface area contributed by atoms with Crippen LogP contribution in [0.2, 0.25) is 0 Å². The van der Waals surface area contributed by atoms with Crippen LogP contribution in [0.5, 0.6) is 0 Å². The maximum atomic E-state index is 13.2. The van der Waals surface area contributed by atoms with Crippen molar-refractivity contribution in [3.05, 3.63) is 40.3 Å². The lowest BCUT2D eigenvalue weighted by atomic mass is 9.85. The van der Waals surface area contributed by atoms with E-state index in [-0.39, 0.29) is 23.9 Å². The van der Waals surface area contributed by atoms with Crippen LogP contribution in [0.1, 0.15) is 102 Å². The fourth-order valence-corrected chi connectivity index (χ4v) is 7.80. The molecule has 2 aliphatic carbocycles. The molecule has 4 aromatic heterocycles. The lowest BCUT2D eigenvalue weighted by Gasteiger charge is -2.39. The Morgan fingerprint density at radius 3 is 2.45 bits per heavy atom. The number of rotatable bonds is 6. The SMILES string of the molecule is NCc1nc(C2CC2)c(-c2cnn3c(N)c(C4CC4)c([C@H]4C[C@H]5CC[C@@H](C4)N5C(=O)c4nnc[nH]4)nc23)s1. The lowest BCUT2D eigenvalue weighted by molar-refractivity contribution is 0.0557. The molecule has 1 amide bonds. The zero-order valence-electron chi connectivity index (χ0n) is 21.0. The molecule has 0 spiro atoms. The number of H-pyrrole nitrogens is 1. The molecule has 4 fully saturated rings. The number of fused-ring (bicyclic) bond motifs is 3. The van der Waals surface area contributed by atoms with Crippen molar-refractivity contribution in [2.45, 2.75) is 87.7 Å². The third kappa shape index (κ3) is 3.42. The van der Waals surface area contributed by atoms with Gasteiger partial charge in [0, 0.05) is 36.0 Å². The molecule has 196 valence electrons. The number of thiazole rings is 1. The number of carbonyl (C=O) groups excluding carboxylic acids is 1. The molecule has 3 atom stereocenters. The minimum Gasteiger partial charge on any atom is -0.383 e. The van der Waals surface area contributed by atoms with Gasteiger partial charge in [0.05, 0.1) is 28.0 Å². The predicted octanol–water partition coefficient (Wildman–Crippen LogP) is 3.32. The van der Waals surface area contributed by atoms with Gasteiger partial charge >= 0.3 is 0 Å². The molecule has 2 bridgehead atoms. The Morgan fingerprint density at radius 1 is 1.03 bits per heavy atom. The number of nitrogen functional groups attached to an aromatic ring is 1. The summed E-state index contributed by atoms with van der Waals surface area (Å²) >= 11 is 1.66. The summed E-state index contributed by atoms with van der Waals surface area (Å²) in [4.78, 5) is 29.5. The van der Waals surface area contributed by atoms with E-state index in [4.69, 9.17) is 26.5 Å². The number of hydrogen-bond donors (Lipinski definition) is 3. The number of amides is 1. The molecular formula is C26H30N10OS. The number of nitrogens with zero attached hydrogens (tertiary/aromatic N) is 7. The van der Waals surface area contributed by atoms with Crippen LogP contribution in [-0.2, 0) is 6.54 Å². The number of aromatic nitrogens is 7. The van der Waals surface area contributed by atoms with Gasteiger partial charge < -0.3 is 21.4 Å². The second-order valence-corrected chi connectivity index (χ2v) is 12.4. The highest BCUT2D eigenvalue weighted by atomic mass is 32.1. The molecule has 2 saturated heterocycles. The third-order valence-electron chi connectivity index (χ3n) is 8.79. The van der Waals surface area contributed by atoms with Crippen molar-refractivity contribution in [3.8, 4) is 10.4 Å². The predicted molar refractivity (Wildman–Crippen MR) is 142 cm³/mol. The summed E-state index contributed by atoms with van der Waals surface area (Å²) in [5, 5.41) is 13.5. The van der Waals surface area contributed by atoms with Gasteiger partial charge in [-0.15, -0.1) is 21.5 Å². The molecule has 2 saturated carbocycles. The normalized spacial score (nSPS) is 25.0. The van der Waals surface area contributed by atoms with Crippen LogP contribution < -0.4 is 11.5 Å². The van der Waals surface area contributed by atoms with Crippen molar-refractivity contribution >= 4 is 28.7 Å². The Hall–Kier alpha value is -3.38. The number of carbonyl (C=O) groups is 1. The van der Waals surface area contributed by atoms with Crippen molar-refractivity contribution in [3.63, 3.8) is 0 Å². The van der Waals surface area contributed by atoms with Gasteiger partial charge in [0.25, 0.3) is 5.91 Å². The fraction of sp³-hybridized carbons (Fsp3) is 0.538. The smallest absolute Gasteiger partial charge is 0.292 e. The number of nitrogens with two attached hydrogens (primary N) is 2. The van der Waals surface area contributed by atoms with Crippen LogP contribution in [0.3, 0.4) is 0 Å². The summed E-state index contributed by atoms with van der Waals surface area (Å²) in [7, 11) is 0. The van der Waals surface area contributed by atoms with Crippen LogP contribution in [-0.4, -0.2) is 57.7 Å². The second kappa shape index (κ2) is 8.31. The van der Waals surface area contributed by atoms with E-state index in [9.17, 15) is 4.79 Å². The number of piperidine rings is 1. The molecule has 12 heteroatoms. The molecule has 8 rings (SSSR count). The van der Waals surface area contributed by atoms with E-state index in [0.717, 1.165) is 71.0 Å². The van der Waals surface area contributed by atoms with E-state index in [1.165, 1.54) is 24.7 Å². The third-order valence-corrected chi connectivity index (χ3v) is 9.92. The largest absolute Gasteiger partial charge is 0.383 e. The van der Waals surface area contributed by atoms with Gasteiger partial charge in [-0.1, -0.05) is 0 Å². The van der Waals surface area contributed by atoms with E-state index in [1.807, 2.05) is 15.6 Å². The van der Waals surface area contributed by atoms with Crippen LogP contribution in [0.4, 0.5) is 5.82 Å². The van der Waals surface area contributed by atoms with Crippen LogP contribution in [0, 0.1) is 0 Å². The van der Waals surface area contributed by atoms with E-state index >= 15 is 0 Å². The van der Waals surface area contributed by atoms with Crippen molar-refractivity contribution in [1.82, 2.24) is 39.7 Å². The van der Waals surface area contributed by atoms with Crippen LogP contribution in [0.25, 0.3) is 16.1 Å². The van der Waals surface area contributed by atoms with Crippen molar-refractivity contribution in [2.75, 3.05) is 5.73 Å². The highest BCUT2D eigenvalue weighted by Gasteiger charge is 2.46.